The first-order valence-electron chi connectivity index (χ1n) is 13.8. The highest BCUT2D eigenvalue weighted by Crippen LogP contribution is 2.48. The maximum atomic E-state index is 2.47. The van der Waals surface area contributed by atoms with Crippen molar-refractivity contribution < 1.29 is 0 Å². The highest BCUT2D eigenvalue weighted by molar-refractivity contribution is 6.13. The minimum Gasteiger partial charge on any atom is -0.309 e. The van der Waals surface area contributed by atoms with Gasteiger partial charge in [0.05, 0.1) is 22.1 Å². The molecule has 0 aliphatic heterocycles. The van der Waals surface area contributed by atoms with Crippen molar-refractivity contribution in [3.63, 3.8) is 0 Å². The second-order valence-electron chi connectivity index (χ2n) is 11.5. The first-order valence-corrected chi connectivity index (χ1v) is 13.8. The monoisotopic (exact) mass is 502 g/mol. The molecule has 0 fully saturated rings. The van der Waals surface area contributed by atoms with E-state index in [0.717, 1.165) is 0 Å². The van der Waals surface area contributed by atoms with E-state index in [4.69, 9.17) is 0 Å². The molecule has 0 saturated heterocycles. The molecule has 0 unspecified atom stereocenters. The number of hydrogen-bond acceptors (Lipinski definition) is 0. The van der Waals surface area contributed by atoms with Crippen LogP contribution in [0.1, 0.15) is 38.8 Å². The minimum absolute atomic E-state index is 0.0506. The number of nitrogens with zero attached hydrogens (tertiary/aromatic N) is 2. The van der Waals surface area contributed by atoms with Crippen molar-refractivity contribution in [2.45, 2.75) is 33.1 Å². The molecule has 0 amide bonds. The van der Waals surface area contributed by atoms with Gasteiger partial charge in [-0.15, -0.1) is 0 Å². The Kier molecular flexibility index (Phi) is 4.45. The van der Waals surface area contributed by atoms with Crippen molar-refractivity contribution in [3.8, 4) is 11.4 Å². The second kappa shape index (κ2) is 7.74. The molecule has 2 heterocycles. The molecule has 8 rings (SSSR count). The van der Waals surface area contributed by atoms with Gasteiger partial charge in [-0.05, 0) is 85.1 Å². The number of aromatic nitrogens is 2. The smallest absolute Gasteiger partial charge is 0.0547 e. The Morgan fingerprint density at radius 2 is 1.05 bits per heavy atom. The van der Waals surface area contributed by atoms with Gasteiger partial charge in [-0.25, -0.2) is 0 Å². The number of hydrogen-bond donors (Lipinski definition) is 0. The molecular formula is C37H30N2. The molecule has 1 aliphatic carbocycles. The molecule has 0 bridgehead atoms. The van der Waals surface area contributed by atoms with Crippen LogP contribution in [-0.4, -0.2) is 9.13 Å². The van der Waals surface area contributed by atoms with Gasteiger partial charge in [-0.3, -0.25) is 0 Å². The summed E-state index contributed by atoms with van der Waals surface area (Å²) >= 11 is 0. The number of para-hydroxylation sites is 3. The van der Waals surface area contributed by atoms with Gasteiger partial charge in [0, 0.05) is 38.3 Å². The molecule has 0 saturated carbocycles. The van der Waals surface area contributed by atoms with E-state index in [-0.39, 0.29) is 5.41 Å². The van der Waals surface area contributed by atoms with Crippen molar-refractivity contribution in [1.29, 1.82) is 0 Å². The molecule has 1 aliphatic rings. The normalized spacial score (nSPS) is 14.8. The summed E-state index contributed by atoms with van der Waals surface area (Å²) in [7, 11) is 0. The highest BCUT2D eigenvalue weighted by Gasteiger charge is 2.34. The van der Waals surface area contributed by atoms with Crippen LogP contribution in [0.5, 0.6) is 0 Å². The molecule has 188 valence electrons. The lowest BCUT2D eigenvalue weighted by atomic mass is 9.81. The van der Waals surface area contributed by atoms with E-state index in [1.165, 1.54) is 77.3 Å². The molecule has 5 aromatic carbocycles. The van der Waals surface area contributed by atoms with E-state index >= 15 is 0 Å². The van der Waals surface area contributed by atoms with Gasteiger partial charge in [-0.2, -0.15) is 0 Å². The van der Waals surface area contributed by atoms with E-state index in [0.29, 0.717) is 0 Å². The van der Waals surface area contributed by atoms with Gasteiger partial charge in [0.25, 0.3) is 0 Å². The number of allylic oxidation sites excluding steroid dienone is 2. The summed E-state index contributed by atoms with van der Waals surface area (Å²) in [5.41, 5.74) is 13.1. The van der Waals surface area contributed by atoms with Gasteiger partial charge < -0.3 is 9.13 Å². The summed E-state index contributed by atoms with van der Waals surface area (Å²) in [4.78, 5) is 0. The Morgan fingerprint density at radius 1 is 0.487 bits per heavy atom. The molecule has 0 spiro atoms. The van der Waals surface area contributed by atoms with Crippen LogP contribution in [0.4, 0.5) is 0 Å². The van der Waals surface area contributed by atoms with E-state index in [9.17, 15) is 0 Å². The number of rotatable bonds is 2. The Balaban J connectivity index is 1.46. The Hall–Kier alpha value is -4.56. The van der Waals surface area contributed by atoms with E-state index < -0.39 is 0 Å². The average Bonchev–Trinajstić information content (AvgIpc) is 3.53. The zero-order valence-electron chi connectivity index (χ0n) is 22.8. The lowest BCUT2D eigenvalue weighted by Gasteiger charge is -2.22. The molecule has 0 N–H and O–H groups in total. The van der Waals surface area contributed by atoms with Crippen LogP contribution in [-0.2, 0) is 5.41 Å². The van der Waals surface area contributed by atoms with Crippen molar-refractivity contribution in [1.82, 2.24) is 9.13 Å². The minimum atomic E-state index is 0.0506. The molecule has 39 heavy (non-hydrogen) atoms. The second-order valence-corrected chi connectivity index (χ2v) is 11.5. The van der Waals surface area contributed by atoms with Crippen LogP contribution < -0.4 is 0 Å². The summed E-state index contributed by atoms with van der Waals surface area (Å²) in [5, 5.41) is 5.18. The van der Waals surface area contributed by atoms with Crippen LogP contribution in [0, 0.1) is 0 Å². The molecule has 0 radical (unpaired) electrons. The third-order valence-electron chi connectivity index (χ3n) is 9.32. The molecule has 2 nitrogen and oxygen atoms in total. The Morgan fingerprint density at radius 3 is 1.74 bits per heavy atom. The summed E-state index contributed by atoms with van der Waals surface area (Å²) in [6.07, 6.45) is 0. The lowest BCUT2D eigenvalue weighted by molar-refractivity contribution is 0.639. The first kappa shape index (κ1) is 22.4. The van der Waals surface area contributed by atoms with E-state index in [1.54, 1.807) is 0 Å². The summed E-state index contributed by atoms with van der Waals surface area (Å²) in [6.45, 7) is 9.30. The number of benzene rings is 5. The highest BCUT2D eigenvalue weighted by atomic mass is 15.0. The van der Waals surface area contributed by atoms with Crippen molar-refractivity contribution in [2.24, 2.45) is 0 Å². The maximum Gasteiger partial charge on any atom is 0.0547 e. The zero-order valence-corrected chi connectivity index (χ0v) is 22.8. The third kappa shape index (κ3) is 2.92. The van der Waals surface area contributed by atoms with Gasteiger partial charge in [0.15, 0.2) is 0 Å². The number of fused-ring (bicyclic) bond motifs is 7. The third-order valence-corrected chi connectivity index (χ3v) is 9.32. The summed E-state index contributed by atoms with van der Waals surface area (Å²) in [5.74, 6) is 0. The molecule has 2 aromatic heterocycles. The average molecular weight is 503 g/mol. The van der Waals surface area contributed by atoms with Gasteiger partial charge in [0.1, 0.15) is 0 Å². The van der Waals surface area contributed by atoms with Crippen molar-refractivity contribution in [2.75, 3.05) is 0 Å². The van der Waals surface area contributed by atoms with Crippen LogP contribution in [0.25, 0.3) is 60.6 Å². The van der Waals surface area contributed by atoms with Crippen molar-refractivity contribution in [3.05, 3.63) is 126 Å². The summed E-state index contributed by atoms with van der Waals surface area (Å²) in [6, 6.07) is 40.2. The maximum absolute atomic E-state index is 2.47. The van der Waals surface area contributed by atoms with E-state index in [1.807, 2.05) is 0 Å². The van der Waals surface area contributed by atoms with Crippen molar-refractivity contribution >= 4 is 49.2 Å². The van der Waals surface area contributed by atoms with Crippen LogP contribution in [0.2, 0.25) is 0 Å². The fourth-order valence-corrected chi connectivity index (χ4v) is 6.95. The predicted octanol–water partition coefficient (Wildman–Crippen LogP) is 9.97. The van der Waals surface area contributed by atoms with E-state index in [2.05, 4.69) is 146 Å². The van der Waals surface area contributed by atoms with Crippen LogP contribution in [0.15, 0.2) is 115 Å². The molecular weight excluding hydrogens is 472 g/mol. The fourth-order valence-electron chi connectivity index (χ4n) is 6.95. The zero-order chi connectivity index (χ0) is 26.5. The quantitative estimate of drug-likeness (QED) is 0.223. The summed E-state index contributed by atoms with van der Waals surface area (Å²) < 4.78 is 4.85. The van der Waals surface area contributed by atoms with Crippen LogP contribution in [0.3, 0.4) is 0 Å². The topological polar surface area (TPSA) is 9.86 Å². The Labute approximate surface area is 228 Å². The van der Waals surface area contributed by atoms with Gasteiger partial charge >= 0.3 is 0 Å². The molecule has 0 atom stereocenters. The Bertz CT molecular complexity index is 2150. The van der Waals surface area contributed by atoms with Gasteiger partial charge in [-0.1, -0.05) is 74.0 Å². The fraction of sp³-hybridized carbons (Fsp3) is 0.135. The lowest BCUT2D eigenvalue weighted by Crippen LogP contribution is -2.15. The van der Waals surface area contributed by atoms with Gasteiger partial charge in [0.2, 0.25) is 0 Å². The standard InChI is InChI=1S/C37H30N2/c1-23-24(2)37(3,4)32-21-31-28-15-9-11-17-34(28)39(36(31)22-29(23)32)26-18-19-35-30(20-26)27-14-8-10-16-33(27)38(35)25-12-6-5-7-13-25/h5-22H,1-4H3. The largest absolute Gasteiger partial charge is 0.309 e. The molecule has 7 aromatic rings. The predicted molar refractivity (Wildman–Crippen MR) is 166 cm³/mol. The SMILES string of the molecule is CC1=C(C)C(C)(C)c2cc3c4ccccc4n(-c4ccc5c(c4)c4ccccc4n5-c4ccccc4)c3cc21. The molecule has 2 heteroatoms. The van der Waals surface area contributed by atoms with Crippen LogP contribution >= 0.6 is 0 Å². The first-order chi connectivity index (χ1) is 18.9.